The molecule has 3 heterocycles. The van der Waals surface area contributed by atoms with E-state index in [9.17, 15) is 0 Å². The Morgan fingerprint density at radius 2 is 1.39 bits per heavy atom. The summed E-state index contributed by atoms with van der Waals surface area (Å²) in [6, 6.07) is 29.9. The van der Waals surface area contributed by atoms with Crippen LogP contribution in [-0.2, 0) is 18.4 Å². The van der Waals surface area contributed by atoms with Crippen LogP contribution in [0, 0.1) is 0 Å². The maximum atomic E-state index is 6.24. The number of rotatable bonds is 7. The fraction of sp³-hybridized carbons (Fsp3) is 0.378. The molecule has 0 amide bonds. The van der Waals surface area contributed by atoms with E-state index in [0.29, 0.717) is 11.1 Å². The van der Waals surface area contributed by atoms with E-state index in [1.165, 1.54) is 41.6 Å². The largest absolute Gasteiger partial charge is 0.368 e. The first kappa shape index (κ1) is 30.8. The van der Waals surface area contributed by atoms with Crippen molar-refractivity contribution in [2.24, 2.45) is 0 Å². The third kappa shape index (κ3) is 6.93. The summed E-state index contributed by atoms with van der Waals surface area (Å²) in [7, 11) is 0. The molecule has 0 atom stereocenters. The summed E-state index contributed by atoms with van der Waals surface area (Å²) in [5, 5.41) is 8.27. The van der Waals surface area contributed by atoms with E-state index < -0.39 is 0 Å². The fourth-order valence-electron chi connectivity index (χ4n) is 7.32. The van der Waals surface area contributed by atoms with Gasteiger partial charge in [0.05, 0.1) is 0 Å². The number of thiocarbonyl (C=S) groups is 1. The predicted molar refractivity (Wildman–Crippen MR) is 195 cm³/mol. The molecule has 1 saturated carbocycles. The van der Waals surface area contributed by atoms with Gasteiger partial charge in [0.2, 0.25) is 5.95 Å². The highest BCUT2D eigenvalue weighted by Gasteiger charge is 2.34. The summed E-state index contributed by atoms with van der Waals surface area (Å²) in [6.45, 7) is 6.17. The van der Waals surface area contributed by atoms with Crippen molar-refractivity contribution in [3.05, 3.63) is 107 Å². The molecule has 4 aromatic rings. The Morgan fingerprint density at radius 1 is 0.739 bits per heavy atom. The van der Waals surface area contributed by atoms with Crippen molar-refractivity contribution >= 4 is 52.2 Å². The maximum Gasteiger partial charge on any atom is 0.232 e. The fourth-order valence-corrected chi connectivity index (χ4v) is 7.61. The monoisotopic (exact) mass is 651 g/mol. The molecule has 0 spiro atoms. The van der Waals surface area contributed by atoms with Crippen LogP contribution < -0.4 is 25.3 Å². The number of piperazine rings is 1. The van der Waals surface area contributed by atoms with Crippen LogP contribution in [-0.4, -0.2) is 54.3 Å². The van der Waals surface area contributed by atoms with Gasteiger partial charge in [-0.1, -0.05) is 85.5 Å². The molecule has 7 rings (SSSR count). The van der Waals surface area contributed by atoms with Crippen LogP contribution in [0.1, 0.15) is 48.8 Å². The highest BCUT2D eigenvalue weighted by atomic mass is 35.5. The Balaban J connectivity index is 1.10. The molecule has 2 aliphatic heterocycles. The number of fused-ring (bicyclic) bond motifs is 1. The van der Waals surface area contributed by atoms with Crippen LogP contribution in [0.25, 0.3) is 0 Å². The van der Waals surface area contributed by atoms with Gasteiger partial charge < -0.3 is 25.3 Å². The molecule has 0 radical (unpaired) electrons. The van der Waals surface area contributed by atoms with Crippen molar-refractivity contribution in [1.29, 1.82) is 0 Å². The Hall–Kier alpha value is -3.88. The molecule has 7 nitrogen and oxygen atoms in total. The number of hydrogen-bond acceptors (Lipinski definition) is 6. The van der Waals surface area contributed by atoms with Crippen LogP contribution in [0.4, 0.5) is 23.3 Å². The normalized spacial score (nSPS) is 17.7. The topological polar surface area (TPSA) is 59.6 Å². The van der Waals surface area contributed by atoms with E-state index in [1.54, 1.807) is 0 Å². The van der Waals surface area contributed by atoms with Gasteiger partial charge in [0.1, 0.15) is 11.6 Å². The Bertz CT molecular complexity index is 1630. The zero-order valence-corrected chi connectivity index (χ0v) is 27.9. The molecule has 3 aromatic carbocycles. The highest BCUT2D eigenvalue weighted by molar-refractivity contribution is 7.80. The van der Waals surface area contributed by atoms with E-state index in [0.717, 1.165) is 81.7 Å². The molecular weight excluding hydrogens is 610 g/mol. The maximum absolute atomic E-state index is 6.24. The van der Waals surface area contributed by atoms with Gasteiger partial charge in [0.15, 0.2) is 5.11 Å². The predicted octanol–water partition coefficient (Wildman–Crippen LogP) is 7.21. The standard InChI is InChI=1S/C37H42ClN7S/c38-31-15-13-30(14-16-31)37(18-7-2-8-19-37)27-39-36(46)42-35-40-33(44-23-21-43(22-24-44)32-11-3-1-4-12-32)25-34(41-35)45-20-17-28-9-5-6-10-29(28)26-45/h1,3-6,9-16,25H,2,7-8,17-24,26-27H2,(H2,39,40,41,42,46). The molecule has 0 unspecified atom stereocenters. The third-order valence-corrected chi connectivity index (χ3v) is 10.5. The molecular formula is C37H42ClN7S. The van der Waals surface area contributed by atoms with E-state index in [2.05, 4.69) is 98.1 Å². The number of nitrogens with one attached hydrogen (secondary N) is 2. The molecule has 1 saturated heterocycles. The van der Waals surface area contributed by atoms with Gasteiger partial charge >= 0.3 is 0 Å². The van der Waals surface area contributed by atoms with Gasteiger partial charge in [-0.05, 0) is 72.4 Å². The van der Waals surface area contributed by atoms with Crippen molar-refractivity contribution in [3.63, 3.8) is 0 Å². The summed E-state index contributed by atoms with van der Waals surface area (Å²) < 4.78 is 0. The molecule has 1 aromatic heterocycles. The van der Waals surface area contributed by atoms with Crippen LogP contribution in [0.2, 0.25) is 5.02 Å². The number of anilines is 4. The van der Waals surface area contributed by atoms with Gasteiger partial charge in [-0.2, -0.15) is 9.97 Å². The molecule has 0 bridgehead atoms. The van der Waals surface area contributed by atoms with Crippen LogP contribution in [0.3, 0.4) is 0 Å². The first-order valence-electron chi connectivity index (χ1n) is 16.6. The molecule has 3 aliphatic rings. The van der Waals surface area contributed by atoms with E-state index in [4.69, 9.17) is 33.8 Å². The molecule has 2 N–H and O–H groups in total. The molecule has 9 heteroatoms. The van der Waals surface area contributed by atoms with Crippen LogP contribution in [0.5, 0.6) is 0 Å². The smallest absolute Gasteiger partial charge is 0.232 e. The van der Waals surface area contributed by atoms with Crippen LogP contribution in [0.15, 0.2) is 84.9 Å². The number of halogens is 1. The quantitative estimate of drug-likeness (QED) is 0.203. The van der Waals surface area contributed by atoms with E-state index in [1.807, 2.05) is 12.1 Å². The number of aromatic nitrogens is 2. The van der Waals surface area contributed by atoms with Gasteiger partial charge in [-0.15, -0.1) is 0 Å². The number of benzene rings is 3. The second-order valence-corrected chi connectivity index (χ2v) is 13.7. The molecule has 46 heavy (non-hydrogen) atoms. The van der Waals surface area contributed by atoms with Gasteiger partial charge in [-0.3, -0.25) is 0 Å². The minimum absolute atomic E-state index is 0.0298. The van der Waals surface area contributed by atoms with Crippen molar-refractivity contribution < 1.29 is 0 Å². The first-order valence-corrected chi connectivity index (χ1v) is 17.4. The molecule has 2 fully saturated rings. The van der Waals surface area contributed by atoms with Gasteiger partial charge in [-0.25, -0.2) is 0 Å². The summed E-state index contributed by atoms with van der Waals surface area (Å²) >= 11 is 12.1. The van der Waals surface area contributed by atoms with Crippen molar-refractivity contribution in [3.8, 4) is 0 Å². The van der Waals surface area contributed by atoms with Crippen molar-refractivity contribution in [2.45, 2.75) is 50.5 Å². The minimum Gasteiger partial charge on any atom is -0.368 e. The first-order chi connectivity index (χ1) is 22.5. The Kier molecular flexibility index (Phi) is 9.26. The average Bonchev–Trinajstić information content (AvgIpc) is 3.11. The van der Waals surface area contributed by atoms with E-state index >= 15 is 0 Å². The lowest BCUT2D eigenvalue weighted by atomic mass is 9.69. The highest BCUT2D eigenvalue weighted by Crippen LogP contribution is 2.39. The summed E-state index contributed by atoms with van der Waals surface area (Å²) in [5.74, 6) is 2.41. The van der Waals surface area contributed by atoms with E-state index in [-0.39, 0.29) is 5.41 Å². The number of hydrogen-bond donors (Lipinski definition) is 2. The zero-order chi connectivity index (χ0) is 31.3. The SMILES string of the molecule is S=C(NCC1(c2ccc(Cl)cc2)CCCCC1)Nc1nc(N2CCN(c3ccccc3)CC2)cc(N2CCc3ccccc3C2)n1. The zero-order valence-electron chi connectivity index (χ0n) is 26.3. The molecule has 238 valence electrons. The number of nitrogens with zero attached hydrogens (tertiary/aromatic N) is 5. The average molecular weight is 652 g/mol. The summed E-state index contributed by atoms with van der Waals surface area (Å²) in [4.78, 5) is 17.3. The third-order valence-electron chi connectivity index (χ3n) is 9.96. The van der Waals surface area contributed by atoms with Crippen LogP contribution >= 0.6 is 23.8 Å². The summed E-state index contributed by atoms with van der Waals surface area (Å²) in [6.07, 6.45) is 6.98. The lowest BCUT2D eigenvalue weighted by Gasteiger charge is -2.38. The number of para-hydroxylation sites is 1. The second-order valence-electron chi connectivity index (χ2n) is 12.8. The lowest BCUT2D eigenvalue weighted by Crippen LogP contribution is -2.47. The van der Waals surface area contributed by atoms with Gasteiger partial charge in [0.25, 0.3) is 0 Å². The van der Waals surface area contributed by atoms with Crippen molar-refractivity contribution in [2.75, 3.05) is 59.3 Å². The minimum atomic E-state index is 0.0298. The Morgan fingerprint density at radius 3 is 2.13 bits per heavy atom. The summed E-state index contributed by atoms with van der Waals surface area (Å²) in [5.41, 5.74) is 5.41. The Labute approximate surface area is 283 Å². The second kappa shape index (κ2) is 13.9. The van der Waals surface area contributed by atoms with Crippen molar-refractivity contribution in [1.82, 2.24) is 15.3 Å². The van der Waals surface area contributed by atoms with Gasteiger partial charge in [0, 0.05) is 68.0 Å². The lowest BCUT2D eigenvalue weighted by molar-refractivity contribution is 0.292. The molecule has 1 aliphatic carbocycles.